The third kappa shape index (κ3) is 5.47. The van der Waals surface area contributed by atoms with Crippen LogP contribution in [0.1, 0.15) is 49.5 Å². The minimum Gasteiger partial charge on any atom is -0.468 e. The highest BCUT2D eigenvalue weighted by Crippen LogP contribution is 2.28. The highest BCUT2D eigenvalue weighted by atomic mass is 32.2. The second kappa shape index (κ2) is 9.73. The first kappa shape index (κ1) is 21.1. The monoisotopic (exact) mass is 418 g/mol. The predicted octanol–water partition coefficient (Wildman–Crippen LogP) is 2.75. The first-order chi connectivity index (χ1) is 14.0. The third-order valence-corrected chi connectivity index (χ3v) is 7.23. The summed E-state index contributed by atoms with van der Waals surface area (Å²) in [4.78, 5) is 24.7. The summed E-state index contributed by atoms with van der Waals surface area (Å²) in [6.45, 7) is -0.262. The molecule has 0 spiro atoms. The highest BCUT2D eigenvalue weighted by molar-refractivity contribution is 7.91. The summed E-state index contributed by atoms with van der Waals surface area (Å²) < 4.78 is 31.4. The van der Waals surface area contributed by atoms with Crippen LogP contribution in [0.3, 0.4) is 0 Å². The molecule has 7 nitrogen and oxygen atoms in total. The second-order valence-corrected chi connectivity index (χ2v) is 9.36. The van der Waals surface area contributed by atoms with Crippen LogP contribution in [0.5, 0.6) is 0 Å². The van der Waals surface area contributed by atoms with Gasteiger partial charge in [-0.15, -0.1) is 0 Å². The summed E-state index contributed by atoms with van der Waals surface area (Å²) in [6, 6.07) is 11.1. The van der Waals surface area contributed by atoms with E-state index in [-0.39, 0.29) is 23.2 Å². The molecule has 2 amide bonds. The van der Waals surface area contributed by atoms with E-state index in [2.05, 4.69) is 10.6 Å². The fraction of sp³-hybridized carbons (Fsp3) is 0.429. The zero-order valence-electron chi connectivity index (χ0n) is 16.2. The Morgan fingerprint density at radius 1 is 0.966 bits per heavy atom. The van der Waals surface area contributed by atoms with Crippen LogP contribution >= 0.6 is 0 Å². The maximum Gasteiger partial charge on any atom is 0.309 e. The van der Waals surface area contributed by atoms with E-state index in [1.165, 1.54) is 18.4 Å². The summed E-state index contributed by atoms with van der Waals surface area (Å²) in [5, 5.41) is 4.10. The predicted molar refractivity (Wildman–Crippen MR) is 108 cm³/mol. The first-order valence-corrected chi connectivity index (χ1v) is 11.4. The van der Waals surface area contributed by atoms with Crippen molar-refractivity contribution in [3.05, 3.63) is 54.5 Å². The Morgan fingerprint density at radius 2 is 1.66 bits per heavy atom. The summed E-state index contributed by atoms with van der Waals surface area (Å²) in [5.41, 5.74) is 0. The van der Waals surface area contributed by atoms with Crippen molar-refractivity contribution in [2.24, 2.45) is 0 Å². The van der Waals surface area contributed by atoms with E-state index >= 15 is 0 Å². The smallest absolute Gasteiger partial charge is 0.309 e. The van der Waals surface area contributed by atoms with Gasteiger partial charge in [0.25, 0.3) is 0 Å². The van der Waals surface area contributed by atoms with Crippen molar-refractivity contribution in [1.29, 1.82) is 0 Å². The number of carbonyl (C=O) groups is 2. The van der Waals surface area contributed by atoms with E-state index in [0.717, 1.165) is 38.5 Å². The average molecular weight is 419 g/mol. The molecular weight excluding hydrogens is 392 g/mol. The fourth-order valence-corrected chi connectivity index (χ4v) is 5.16. The highest BCUT2D eigenvalue weighted by Gasteiger charge is 2.32. The molecule has 2 N–H and O–H groups in total. The summed E-state index contributed by atoms with van der Waals surface area (Å²) in [5.74, 6) is -1.36. The van der Waals surface area contributed by atoms with Gasteiger partial charge in [0.05, 0.1) is 11.2 Å². The van der Waals surface area contributed by atoms with Crippen molar-refractivity contribution in [3.8, 4) is 0 Å². The number of nitrogens with one attached hydrogen (secondary N) is 2. The molecule has 1 saturated carbocycles. The number of hydrogen-bond acceptors (Lipinski definition) is 5. The van der Waals surface area contributed by atoms with Gasteiger partial charge in [0.2, 0.25) is 0 Å². The molecule has 0 bridgehead atoms. The van der Waals surface area contributed by atoms with Crippen molar-refractivity contribution in [3.63, 3.8) is 0 Å². The van der Waals surface area contributed by atoms with Gasteiger partial charge in [0.15, 0.2) is 9.84 Å². The molecule has 2 aromatic rings. The third-order valence-electron chi connectivity index (χ3n) is 5.15. The standard InChI is InChI=1S/C21H26N2O5S/c24-20(21(25)23-16-9-4-1-2-5-10-16)22-15-19(18-13-8-14-28-18)29(26,27)17-11-6-3-7-12-17/h3,6-8,11-14,16,19H,1-2,4-5,9-10,15H2,(H,22,24)(H,23,25). The van der Waals surface area contributed by atoms with Gasteiger partial charge in [-0.1, -0.05) is 43.9 Å². The summed E-state index contributed by atoms with van der Waals surface area (Å²) in [7, 11) is -3.82. The van der Waals surface area contributed by atoms with Crippen molar-refractivity contribution in [2.75, 3.05) is 6.54 Å². The number of amides is 2. The number of benzene rings is 1. The lowest BCUT2D eigenvalue weighted by molar-refractivity contribution is -0.139. The molecule has 1 aliphatic carbocycles. The molecule has 1 aromatic carbocycles. The van der Waals surface area contributed by atoms with E-state index < -0.39 is 26.9 Å². The summed E-state index contributed by atoms with van der Waals surface area (Å²) in [6.07, 6.45) is 7.43. The lowest BCUT2D eigenvalue weighted by Crippen LogP contribution is -2.45. The van der Waals surface area contributed by atoms with E-state index in [1.54, 1.807) is 30.3 Å². The van der Waals surface area contributed by atoms with Crippen LogP contribution in [-0.2, 0) is 19.4 Å². The quantitative estimate of drug-likeness (QED) is 0.554. The Balaban J connectivity index is 1.67. The van der Waals surface area contributed by atoms with Crippen molar-refractivity contribution < 1.29 is 22.4 Å². The molecule has 1 aliphatic rings. The maximum atomic E-state index is 13.1. The lowest BCUT2D eigenvalue weighted by atomic mass is 10.1. The molecular formula is C21H26N2O5S. The number of sulfone groups is 1. The topological polar surface area (TPSA) is 105 Å². The molecule has 3 rings (SSSR count). The van der Waals surface area contributed by atoms with E-state index in [1.807, 2.05) is 0 Å². The zero-order valence-corrected chi connectivity index (χ0v) is 17.0. The Morgan fingerprint density at radius 3 is 2.28 bits per heavy atom. The Hall–Kier alpha value is -2.61. The van der Waals surface area contributed by atoms with Crippen LogP contribution < -0.4 is 10.6 Å². The number of rotatable bonds is 6. The average Bonchev–Trinajstić information content (AvgIpc) is 3.12. The van der Waals surface area contributed by atoms with E-state index in [4.69, 9.17) is 4.42 Å². The van der Waals surface area contributed by atoms with Crippen molar-refractivity contribution in [2.45, 2.75) is 54.7 Å². The van der Waals surface area contributed by atoms with Crippen molar-refractivity contribution >= 4 is 21.7 Å². The van der Waals surface area contributed by atoms with Gasteiger partial charge < -0.3 is 15.1 Å². The molecule has 1 fully saturated rings. The Bertz CT molecular complexity index is 902. The normalized spacial score (nSPS) is 16.6. The van der Waals surface area contributed by atoms with Crippen LogP contribution in [0.15, 0.2) is 58.0 Å². The van der Waals surface area contributed by atoms with Crippen LogP contribution in [0, 0.1) is 0 Å². The minimum absolute atomic E-state index is 0.00956. The number of hydrogen-bond donors (Lipinski definition) is 2. The molecule has 1 atom stereocenters. The fourth-order valence-electron chi connectivity index (χ4n) is 3.55. The molecule has 1 aromatic heterocycles. The molecule has 0 saturated heterocycles. The lowest BCUT2D eigenvalue weighted by Gasteiger charge is -2.18. The van der Waals surface area contributed by atoms with Gasteiger partial charge in [0.1, 0.15) is 11.0 Å². The number of carbonyl (C=O) groups excluding carboxylic acids is 2. The maximum absolute atomic E-state index is 13.1. The van der Waals surface area contributed by atoms with Crippen LogP contribution in [0.2, 0.25) is 0 Å². The molecule has 156 valence electrons. The Labute approximate surface area is 170 Å². The van der Waals surface area contributed by atoms with Crippen molar-refractivity contribution in [1.82, 2.24) is 10.6 Å². The van der Waals surface area contributed by atoms with Crippen LogP contribution in [0.4, 0.5) is 0 Å². The van der Waals surface area contributed by atoms with E-state index in [0.29, 0.717) is 0 Å². The summed E-state index contributed by atoms with van der Waals surface area (Å²) >= 11 is 0. The van der Waals surface area contributed by atoms with Gasteiger partial charge in [-0.25, -0.2) is 8.42 Å². The SMILES string of the molecule is O=C(NCC(c1ccco1)S(=O)(=O)c1ccccc1)C(=O)NC1CCCCCC1. The zero-order chi connectivity index (χ0) is 20.7. The second-order valence-electron chi connectivity index (χ2n) is 7.23. The largest absolute Gasteiger partial charge is 0.468 e. The molecule has 8 heteroatoms. The Kier molecular flexibility index (Phi) is 7.09. The van der Waals surface area contributed by atoms with Gasteiger partial charge in [0, 0.05) is 12.6 Å². The molecule has 1 unspecified atom stereocenters. The first-order valence-electron chi connectivity index (χ1n) is 9.89. The molecule has 1 heterocycles. The number of furan rings is 1. The van der Waals surface area contributed by atoms with Gasteiger partial charge in [-0.05, 0) is 37.1 Å². The molecule has 0 radical (unpaired) electrons. The van der Waals surface area contributed by atoms with Gasteiger partial charge in [-0.3, -0.25) is 9.59 Å². The van der Waals surface area contributed by atoms with Crippen LogP contribution in [0.25, 0.3) is 0 Å². The van der Waals surface area contributed by atoms with Gasteiger partial charge >= 0.3 is 11.8 Å². The van der Waals surface area contributed by atoms with Gasteiger partial charge in [-0.2, -0.15) is 0 Å². The molecule has 29 heavy (non-hydrogen) atoms. The van der Waals surface area contributed by atoms with E-state index in [9.17, 15) is 18.0 Å². The molecule has 0 aliphatic heterocycles. The van der Waals surface area contributed by atoms with Crippen LogP contribution in [-0.4, -0.2) is 32.8 Å². The minimum atomic E-state index is -3.82.